The molecule has 0 spiro atoms. The Morgan fingerprint density at radius 2 is 1.81 bits per heavy atom. The Balaban J connectivity index is 2.00. The Bertz CT molecular complexity index is 517. The third-order valence-corrected chi connectivity index (χ3v) is 3.79. The number of hydrogen-bond donors (Lipinski definition) is 2. The minimum Gasteiger partial charge on any atom is -0.479 e. The lowest BCUT2D eigenvalue weighted by Gasteiger charge is -2.35. The van der Waals surface area contributed by atoms with Gasteiger partial charge < -0.3 is 19.8 Å². The molecular weight excluding hydrogens is 274 g/mol. The molecule has 0 unspecified atom stereocenters. The summed E-state index contributed by atoms with van der Waals surface area (Å²) >= 11 is 0. The van der Waals surface area contributed by atoms with E-state index in [1.807, 2.05) is 12.1 Å². The lowest BCUT2D eigenvalue weighted by atomic mass is 9.91. The summed E-state index contributed by atoms with van der Waals surface area (Å²) in [6, 6.07) is 7.12. The van der Waals surface area contributed by atoms with Gasteiger partial charge in [-0.25, -0.2) is 4.79 Å². The molecule has 1 aromatic rings. The van der Waals surface area contributed by atoms with Gasteiger partial charge in [0, 0.05) is 38.6 Å². The molecule has 21 heavy (non-hydrogen) atoms. The number of benzene rings is 1. The van der Waals surface area contributed by atoms with E-state index in [-0.39, 0.29) is 31.8 Å². The molecule has 0 radical (unpaired) electrons. The van der Waals surface area contributed by atoms with Crippen LogP contribution in [0.5, 0.6) is 0 Å². The average Bonchev–Trinajstić information content (AvgIpc) is 2.48. The average molecular weight is 293 g/mol. The highest BCUT2D eigenvalue weighted by Crippen LogP contribution is 2.23. The SMILES string of the molecule is COCc1ccc(C(=O)N2CCC(O)(C(=O)O)CC2)cc1. The van der Waals surface area contributed by atoms with Gasteiger partial charge in [-0.15, -0.1) is 0 Å². The number of carboxylic acid groups (broad SMARTS) is 1. The molecule has 6 heteroatoms. The van der Waals surface area contributed by atoms with E-state index in [1.54, 1.807) is 24.1 Å². The number of piperidine rings is 1. The number of rotatable bonds is 4. The summed E-state index contributed by atoms with van der Waals surface area (Å²) < 4.78 is 5.01. The van der Waals surface area contributed by atoms with E-state index in [9.17, 15) is 14.7 Å². The molecule has 1 saturated heterocycles. The second kappa shape index (κ2) is 6.24. The Kier molecular flexibility index (Phi) is 4.59. The summed E-state index contributed by atoms with van der Waals surface area (Å²) in [4.78, 5) is 24.8. The van der Waals surface area contributed by atoms with E-state index in [0.717, 1.165) is 5.56 Å². The minimum absolute atomic E-state index is 0.0514. The third-order valence-electron chi connectivity index (χ3n) is 3.79. The lowest BCUT2D eigenvalue weighted by molar-refractivity contribution is -0.162. The predicted octanol–water partition coefficient (Wildman–Crippen LogP) is 0.885. The highest BCUT2D eigenvalue weighted by atomic mass is 16.5. The molecule has 0 saturated carbocycles. The van der Waals surface area contributed by atoms with E-state index in [2.05, 4.69) is 0 Å². The van der Waals surface area contributed by atoms with Crippen LogP contribution in [0.1, 0.15) is 28.8 Å². The number of carbonyl (C=O) groups excluding carboxylic acids is 1. The van der Waals surface area contributed by atoms with Crippen LogP contribution in [0.4, 0.5) is 0 Å². The van der Waals surface area contributed by atoms with Crippen LogP contribution in [0.2, 0.25) is 0 Å². The largest absolute Gasteiger partial charge is 0.479 e. The number of nitrogens with zero attached hydrogens (tertiary/aromatic N) is 1. The molecule has 0 atom stereocenters. The first-order valence-corrected chi connectivity index (χ1v) is 6.79. The third kappa shape index (κ3) is 3.40. The molecule has 1 heterocycles. The molecule has 1 aliphatic rings. The summed E-state index contributed by atoms with van der Waals surface area (Å²) in [5.41, 5.74) is -0.178. The Hall–Kier alpha value is -1.92. The first kappa shape index (κ1) is 15.5. The molecule has 0 bridgehead atoms. The van der Waals surface area contributed by atoms with Crippen molar-refractivity contribution in [3.05, 3.63) is 35.4 Å². The summed E-state index contributed by atoms with van der Waals surface area (Å²) in [5.74, 6) is -1.37. The van der Waals surface area contributed by atoms with Gasteiger partial charge in [-0.3, -0.25) is 4.79 Å². The van der Waals surface area contributed by atoms with Crippen molar-refractivity contribution >= 4 is 11.9 Å². The molecule has 0 aromatic heterocycles. The number of carboxylic acids is 1. The molecule has 0 aliphatic carbocycles. The fourth-order valence-corrected chi connectivity index (χ4v) is 2.39. The van der Waals surface area contributed by atoms with Gasteiger partial charge in [-0.05, 0) is 17.7 Å². The van der Waals surface area contributed by atoms with Gasteiger partial charge in [-0.2, -0.15) is 0 Å². The van der Waals surface area contributed by atoms with Gasteiger partial charge in [-0.1, -0.05) is 12.1 Å². The fourth-order valence-electron chi connectivity index (χ4n) is 2.39. The van der Waals surface area contributed by atoms with E-state index in [0.29, 0.717) is 12.2 Å². The van der Waals surface area contributed by atoms with Crippen molar-refractivity contribution in [3.8, 4) is 0 Å². The molecular formula is C15H19NO5. The second-order valence-electron chi connectivity index (χ2n) is 5.26. The zero-order valence-electron chi connectivity index (χ0n) is 11.9. The number of aliphatic carboxylic acids is 1. The fraction of sp³-hybridized carbons (Fsp3) is 0.467. The first-order valence-electron chi connectivity index (χ1n) is 6.79. The number of carbonyl (C=O) groups is 2. The smallest absolute Gasteiger partial charge is 0.335 e. The van der Waals surface area contributed by atoms with Crippen LogP contribution < -0.4 is 0 Å². The summed E-state index contributed by atoms with van der Waals surface area (Å²) in [6.07, 6.45) is 0.103. The normalized spacial score (nSPS) is 17.5. The van der Waals surface area contributed by atoms with Crippen LogP contribution in [-0.4, -0.2) is 52.8 Å². The highest BCUT2D eigenvalue weighted by Gasteiger charge is 2.40. The van der Waals surface area contributed by atoms with Gasteiger partial charge >= 0.3 is 5.97 Å². The van der Waals surface area contributed by atoms with Crippen LogP contribution in [0, 0.1) is 0 Å². The molecule has 1 aromatic carbocycles. The van der Waals surface area contributed by atoms with Gasteiger partial charge in [0.15, 0.2) is 5.60 Å². The van der Waals surface area contributed by atoms with Crippen molar-refractivity contribution in [1.82, 2.24) is 4.90 Å². The number of amides is 1. The zero-order valence-corrected chi connectivity index (χ0v) is 11.9. The van der Waals surface area contributed by atoms with E-state index >= 15 is 0 Å². The number of likely N-dealkylation sites (tertiary alicyclic amines) is 1. The van der Waals surface area contributed by atoms with Crippen LogP contribution in [0.3, 0.4) is 0 Å². The first-order chi connectivity index (χ1) is 9.96. The number of aliphatic hydroxyl groups is 1. The zero-order chi connectivity index (χ0) is 15.5. The van der Waals surface area contributed by atoms with Crippen molar-refractivity contribution in [2.75, 3.05) is 20.2 Å². The van der Waals surface area contributed by atoms with Crippen molar-refractivity contribution < 1.29 is 24.5 Å². The van der Waals surface area contributed by atoms with E-state index in [1.165, 1.54) is 0 Å². The monoisotopic (exact) mass is 293 g/mol. The molecule has 6 nitrogen and oxygen atoms in total. The van der Waals surface area contributed by atoms with Crippen molar-refractivity contribution in [3.63, 3.8) is 0 Å². The molecule has 1 fully saturated rings. The Morgan fingerprint density at radius 1 is 1.24 bits per heavy atom. The lowest BCUT2D eigenvalue weighted by Crippen LogP contribution is -2.50. The number of hydrogen-bond acceptors (Lipinski definition) is 4. The maximum Gasteiger partial charge on any atom is 0.335 e. The van der Waals surface area contributed by atoms with Crippen molar-refractivity contribution in [2.24, 2.45) is 0 Å². The van der Waals surface area contributed by atoms with Gasteiger partial charge in [0.1, 0.15) is 0 Å². The van der Waals surface area contributed by atoms with Crippen molar-refractivity contribution in [2.45, 2.75) is 25.0 Å². The van der Waals surface area contributed by atoms with Crippen LogP contribution >= 0.6 is 0 Å². The van der Waals surface area contributed by atoms with Crippen molar-refractivity contribution in [1.29, 1.82) is 0 Å². The Labute approximate surface area is 122 Å². The summed E-state index contributed by atoms with van der Waals surface area (Å²) in [6.45, 7) is 0.965. The minimum atomic E-state index is -1.71. The van der Waals surface area contributed by atoms with Gasteiger partial charge in [0.2, 0.25) is 0 Å². The van der Waals surface area contributed by atoms with Crippen LogP contribution in [0.15, 0.2) is 24.3 Å². The summed E-state index contributed by atoms with van der Waals surface area (Å²) in [7, 11) is 1.61. The van der Waals surface area contributed by atoms with Crippen LogP contribution in [-0.2, 0) is 16.1 Å². The predicted molar refractivity (Wildman–Crippen MR) is 74.9 cm³/mol. The number of methoxy groups -OCH3 is 1. The maximum absolute atomic E-state index is 12.3. The van der Waals surface area contributed by atoms with E-state index < -0.39 is 11.6 Å². The highest BCUT2D eigenvalue weighted by molar-refractivity contribution is 5.94. The second-order valence-corrected chi connectivity index (χ2v) is 5.26. The standard InChI is InChI=1S/C15H19NO5/c1-21-10-11-2-4-12(5-3-11)13(17)16-8-6-15(20,7-9-16)14(18)19/h2-5,20H,6-10H2,1H3,(H,18,19). The Morgan fingerprint density at radius 3 is 2.29 bits per heavy atom. The van der Waals surface area contributed by atoms with Gasteiger partial charge in [0.05, 0.1) is 6.61 Å². The maximum atomic E-state index is 12.3. The molecule has 2 rings (SSSR count). The number of ether oxygens (including phenoxy) is 1. The quantitative estimate of drug-likeness (QED) is 0.860. The molecule has 114 valence electrons. The molecule has 1 amide bonds. The van der Waals surface area contributed by atoms with Gasteiger partial charge in [0.25, 0.3) is 5.91 Å². The molecule has 1 aliphatic heterocycles. The van der Waals surface area contributed by atoms with E-state index in [4.69, 9.17) is 9.84 Å². The van der Waals surface area contributed by atoms with Crippen LogP contribution in [0.25, 0.3) is 0 Å². The topological polar surface area (TPSA) is 87.1 Å². The molecule has 2 N–H and O–H groups in total. The summed E-state index contributed by atoms with van der Waals surface area (Å²) in [5, 5.41) is 18.8.